The molecule has 0 amide bonds. The van der Waals surface area contributed by atoms with Gasteiger partial charge in [0.1, 0.15) is 0 Å². The SMILES string of the molecule is CCCCC(CCC)(SP(O)O)c1cccs1. The summed E-state index contributed by atoms with van der Waals surface area (Å²) in [6, 6.07) is 4.18. The van der Waals surface area contributed by atoms with Gasteiger partial charge >= 0.3 is 0 Å². The molecule has 0 aliphatic rings. The maximum absolute atomic E-state index is 9.40. The zero-order chi connectivity index (χ0) is 12.7. The fraction of sp³-hybridized carbons (Fsp3) is 0.667. The summed E-state index contributed by atoms with van der Waals surface area (Å²) >= 11 is 3.09. The second-order valence-corrected chi connectivity index (χ2v) is 8.11. The predicted molar refractivity (Wildman–Crippen MR) is 79.4 cm³/mol. The van der Waals surface area contributed by atoms with Crippen LogP contribution in [0.4, 0.5) is 0 Å². The molecule has 5 heteroatoms. The first kappa shape index (κ1) is 15.5. The fourth-order valence-corrected chi connectivity index (χ4v) is 6.18. The van der Waals surface area contributed by atoms with Crippen molar-refractivity contribution in [2.45, 2.75) is 50.7 Å². The molecule has 1 aromatic rings. The predicted octanol–water partition coefficient (Wildman–Crippen LogP) is 4.88. The molecule has 1 unspecified atom stereocenters. The lowest BCUT2D eigenvalue weighted by atomic mass is 9.94. The van der Waals surface area contributed by atoms with Crippen LogP contribution in [0.2, 0.25) is 0 Å². The summed E-state index contributed by atoms with van der Waals surface area (Å²) in [5.41, 5.74) is 0. The summed E-state index contributed by atoms with van der Waals surface area (Å²) in [6.45, 7) is 4.34. The molecule has 0 fully saturated rings. The van der Waals surface area contributed by atoms with Gasteiger partial charge in [-0.3, -0.25) is 0 Å². The van der Waals surface area contributed by atoms with E-state index in [1.54, 1.807) is 11.3 Å². The smallest absolute Gasteiger partial charge is 0.233 e. The Labute approximate surface area is 113 Å². The highest BCUT2D eigenvalue weighted by atomic mass is 32.7. The summed E-state index contributed by atoms with van der Waals surface area (Å²) in [5.74, 6) is 0. The van der Waals surface area contributed by atoms with E-state index in [4.69, 9.17) is 0 Å². The number of thiophene rings is 1. The molecule has 0 radical (unpaired) electrons. The van der Waals surface area contributed by atoms with Crippen molar-refractivity contribution < 1.29 is 9.79 Å². The molecule has 1 rings (SSSR count). The average molecular weight is 292 g/mol. The topological polar surface area (TPSA) is 40.5 Å². The molecule has 0 saturated heterocycles. The Hall–Kier alpha value is 0.400. The van der Waals surface area contributed by atoms with Gasteiger partial charge in [-0.25, -0.2) is 0 Å². The van der Waals surface area contributed by atoms with Gasteiger partial charge in [-0.2, -0.15) is 0 Å². The lowest BCUT2D eigenvalue weighted by Gasteiger charge is -2.32. The third kappa shape index (κ3) is 4.53. The van der Waals surface area contributed by atoms with Gasteiger partial charge in [0.25, 0.3) is 0 Å². The van der Waals surface area contributed by atoms with E-state index in [1.165, 1.54) is 16.3 Å². The molecule has 0 saturated carbocycles. The van der Waals surface area contributed by atoms with Crippen LogP contribution < -0.4 is 0 Å². The lowest BCUT2D eigenvalue weighted by molar-refractivity contribution is 0.488. The summed E-state index contributed by atoms with van der Waals surface area (Å²) in [4.78, 5) is 20.1. The molecule has 2 nitrogen and oxygen atoms in total. The van der Waals surface area contributed by atoms with Crippen LogP contribution in [-0.4, -0.2) is 9.79 Å². The quantitative estimate of drug-likeness (QED) is 0.671. The first-order valence-electron chi connectivity index (χ1n) is 6.05. The summed E-state index contributed by atoms with van der Waals surface area (Å²) in [7, 11) is -1.90. The highest BCUT2D eigenvalue weighted by molar-refractivity contribution is 8.52. The molecule has 1 atom stereocenters. The largest absolute Gasteiger partial charge is 0.342 e. The number of hydrogen-bond acceptors (Lipinski definition) is 4. The maximum atomic E-state index is 9.40. The van der Waals surface area contributed by atoms with Crippen LogP contribution in [-0.2, 0) is 4.75 Å². The third-order valence-electron chi connectivity index (χ3n) is 2.81. The number of hydrogen-bond donors (Lipinski definition) is 2. The summed E-state index contributed by atoms with van der Waals surface area (Å²) < 4.78 is -0.0892. The molecule has 0 spiro atoms. The monoisotopic (exact) mass is 292 g/mol. The van der Waals surface area contributed by atoms with E-state index < -0.39 is 7.58 Å². The molecule has 0 aliphatic carbocycles. The molecular weight excluding hydrogens is 271 g/mol. The summed E-state index contributed by atoms with van der Waals surface area (Å²) in [5, 5.41) is 2.07. The van der Waals surface area contributed by atoms with Crippen molar-refractivity contribution in [3.63, 3.8) is 0 Å². The van der Waals surface area contributed by atoms with Crippen molar-refractivity contribution in [2.24, 2.45) is 0 Å². The third-order valence-corrected chi connectivity index (χ3v) is 6.70. The maximum Gasteiger partial charge on any atom is 0.233 e. The molecule has 2 N–H and O–H groups in total. The first-order chi connectivity index (χ1) is 8.14. The van der Waals surface area contributed by atoms with E-state index in [0.717, 1.165) is 32.1 Å². The zero-order valence-electron chi connectivity index (χ0n) is 10.4. The van der Waals surface area contributed by atoms with Crippen molar-refractivity contribution in [3.8, 4) is 0 Å². The van der Waals surface area contributed by atoms with Crippen molar-refractivity contribution in [3.05, 3.63) is 22.4 Å². The van der Waals surface area contributed by atoms with E-state index in [1.807, 2.05) is 6.07 Å². The Morgan fingerprint density at radius 3 is 2.53 bits per heavy atom. The second-order valence-electron chi connectivity index (χ2n) is 4.17. The first-order valence-corrected chi connectivity index (χ1v) is 9.60. The fourth-order valence-electron chi connectivity index (χ4n) is 2.07. The molecule has 1 heterocycles. The van der Waals surface area contributed by atoms with Crippen molar-refractivity contribution in [1.82, 2.24) is 0 Å². The van der Waals surface area contributed by atoms with E-state index in [0.29, 0.717) is 0 Å². The van der Waals surface area contributed by atoms with Crippen LogP contribution in [0.25, 0.3) is 0 Å². The highest BCUT2D eigenvalue weighted by Crippen LogP contribution is 2.59. The van der Waals surface area contributed by atoms with Gasteiger partial charge in [0.2, 0.25) is 7.58 Å². The van der Waals surface area contributed by atoms with Crippen LogP contribution in [0.5, 0.6) is 0 Å². The van der Waals surface area contributed by atoms with E-state index >= 15 is 0 Å². The van der Waals surface area contributed by atoms with Gasteiger partial charge in [-0.05, 0) is 24.3 Å². The van der Waals surface area contributed by atoms with Gasteiger partial charge in [-0.1, -0.05) is 50.6 Å². The van der Waals surface area contributed by atoms with Gasteiger partial charge < -0.3 is 9.79 Å². The second kappa shape index (κ2) is 7.75. The van der Waals surface area contributed by atoms with Gasteiger partial charge in [0.15, 0.2) is 0 Å². The molecular formula is C12H21O2PS2. The van der Waals surface area contributed by atoms with Crippen LogP contribution in [0.1, 0.15) is 50.8 Å². The Kier molecular flexibility index (Phi) is 7.05. The Balaban J connectivity index is 2.92. The molecule has 0 aromatic carbocycles. The van der Waals surface area contributed by atoms with Crippen LogP contribution in [0, 0.1) is 0 Å². The van der Waals surface area contributed by atoms with Crippen molar-refractivity contribution in [2.75, 3.05) is 0 Å². The van der Waals surface area contributed by atoms with Crippen molar-refractivity contribution >= 4 is 30.3 Å². The van der Waals surface area contributed by atoms with Crippen molar-refractivity contribution in [1.29, 1.82) is 0 Å². The minimum Gasteiger partial charge on any atom is -0.342 e. The normalized spacial score (nSPS) is 15.1. The standard InChI is InChI=1S/C12H21O2PS2/c1-3-5-9-12(8-4-2,17-15(13)14)11-7-6-10-16-11/h6-7,10,13-14H,3-5,8-9H2,1-2H3. The van der Waals surface area contributed by atoms with E-state index in [2.05, 4.69) is 25.3 Å². The molecule has 17 heavy (non-hydrogen) atoms. The average Bonchev–Trinajstić information content (AvgIpc) is 2.79. The molecule has 1 aromatic heterocycles. The van der Waals surface area contributed by atoms with Crippen LogP contribution in [0.3, 0.4) is 0 Å². The molecule has 98 valence electrons. The van der Waals surface area contributed by atoms with Crippen LogP contribution in [0.15, 0.2) is 17.5 Å². The van der Waals surface area contributed by atoms with Gasteiger partial charge in [-0.15, -0.1) is 11.3 Å². The van der Waals surface area contributed by atoms with Crippen LogP contribution >= 0.6 is 30.3 Å². The minimum absolute atomic E-state index is 0.0892. The molecule has 0 aliphatic heterocycles. The minimum atomic E-state index is -1.90. The number of rotatable bonds is 8. The van der Waals surface area contributed by atoms with E-state index in [-0.39, 0.29) is 4.75 Å². The zero-order valence-corrected chi connectivity index (χ0v) is 13.0. The number of unbranched alkanes of at least 4 members (excludes halogenated alkanes) is 1. The summed E-state index contributed by atoms with van der Waals surface area (Å²) in [6.07, 6.45) is 5.39. The highest BCUT2D eigenvalue weighted by Gasteiger charge is 2.35. The Bertz CT molecular complexity index is 303. The molecule has 0 bridgehead atoms. The Morgan fingerprint density at radius 2 is 2.06 bits per heavy atom. The van der Waals surface area contributed by atoms with Gasteiger partial charge in [0.05, 0.1) is 4.75 Å². The van der Waals surface area contributed by atoms with E-state index in [9.17, 15) is 9.79 Å². The Morgan fingerprint density at radius 1 is 1.29 bits per heavy atom. The lowest BCUT2D eigenvalue weighted by Crippen LogP contribution is -2.20. The van der Waals surface area contributed by atoms with Gasteiger partial charge in [0, 0.05) is 4.88 Å².